The highest BCUT2D eigenvalue weighted by Gasteiger charge is 2.36. The van der Waals surface area contributed by atoms with Gasteiger partial charge in [-0.05, 0) is 48.0 Å². The third-order valence-corrected chi connectivity index (χ3v) is 5.91. The van der Waals surface area contributed by atoms with E-state index in [0.29, 0.717) is 45.1 Å². The van der Waals surface area contributed by atoms with Crippen molar-refractivity contribution in [2.24, 2.45) is 0 Å². The van der Waals surface area contributed by atoms with Crippen LogP contribution >= 0.6 is 0 Å². The van der Waals surface area contributed by atoms with Crippen LogP contribution in [0, 0.1) is 5.82 Å². The number of ether oxygens (including phenoxy) is 2. The minimum Gasteiger partial charge on any atom is -0.492 e. The molecule has 1 aromatic heterocycles. The Labute approximate surface area is 204 Å². The molecule has 0 radical (unpaired) electrons. The van der Waals surface area contributed by atoms with Crippen molar-refractivity contribution >= 4 is 5.91 Å². The number of nitrogens with zero attached hydrogens (tertiary/aromatic N) is 4. The monoisotopic (exact) mass is 482 g/mol. The third kappa shape index (κ3) is 7.27. The smallest absolute Gasteiger partial charge is 0.219 e. The van der Waals surface area contributed by atoms with Gasteiger partial charge in [-0.25, -0.2) is 4.39 Å². The number of halogens is 1. The molecule has 4 rings (SSSR count). The molecule has 0 unspecified atom stereocenters. The number of carbonyl (C=O) groups is 1. The van der Waals surface area contributed by atoms with Crippen LogP contribution in [0.3, 0.4) is 0 Å². The van der Waals surface area contributed by atoms with E-state index in [0.717, 1.165) is 11.3 Å². The zero-order chi connectivity index (χ0) is 24.7. The molecule has 1 atom stereocenters. The summed E-state index contributed by atoms with van der Waals surface area (Å²) in [6.07, 6.45) is 3.63. The topological polar surface area (TPSA) is 80.1 Å². The number of benzene rings is 2. The highest BCUT2D eigenvalue weighted by Crippen LogP contribution is 2.21. The summed E-state index contributed by atoms with van der Waals surface area (Å²) in [5, 5.41) is 15.6. The van der Waals surface area contributed by atoms with Gasteiger partial charge in [0.2, 0.25) is 5.91 Å². The Bertz CT molecular complexity index is 1090. The van der Waals surface area contributed by atoms with Gasteiger partial charge in [-0.1, -0.05) is 12.1 Å². The van der Waals surface area contributed by atoms with E-state index in [1.165, 1.54) is 31.2 Å². The number of aromatic nitrogens is 2. The molecule has 9 heteroatoms. The Morgan fingerprint density at radius 2 is 1.91 bits per heavy atom. The fourth-order valence-corrected chi connectivity index (χ4v) is 4.17. The summed E-state index contributed by atoms with van der Waals surface area (Å²) in [6, 6.07) is 15.4. The van der Waals surface area contributed by atoms with Crippen LogP contribution in [0.4, 0.5) is 4.39 Å². The van der Waals surface area contributed by atoms with Gasteiger partial charge in [0.05, 0.1) is 13.1 Å². The van der Waals surface area contributed by atoms with Gasteiger partial charge in [0.1, 0.15) is 36.1 Å². The van der Waals surface area contributed by atoms with Gasteiger partial charge < -0.3 is 19.5 Å². The first kappa shape index (κ1) is 24.7. The first-order valence-electron chi connectivity index (χ1n) is 11.7. The zero-order valence-corrected chi connectivity index (χ0v) is 19.8. The fraction of sp³-hybridized carbons (Fsp3) is 0.385. The van der Waals surface area contributed by atoms with E-state index in [1.54, 1.807) is 11.1 Å². The summed E-state index contributed by atoms with van der Waals surface area (Å²) in [5.41, 5.74) is -0.242. The molecule has 1 saturated heterocycles. The number of rotatable bonds is 9. The number of carbonyl (C=O) groups excluding carboxylic acids is 1. The lowest BCUT2D eigenvalue weighted by molar-refractivity contribution is -0.132. The average Bonchev–Trinajstić information content (AvgIpc) is 3.29. The molecule has 0 saturated carbocycles. The first-order chi connectivity index (χ1) is 16.9. The quantitative estimate of drug-likeness (QED) is 0.505. The maximum Gasteiger partial charge on any atom is 0.219 e. The minimum absolute atomic E-state index is 0.0184. The molecule has 186 valence electrons. The van der Waals surface area contributed by atoms with Crippen LogP contribution in [-0.4, -0.2) is 75.6 Å². The van der Waals surface area contributed by atoms with Crippen molar-refractivity contribution in [2.45, 2.75) is 25.6 Å². The second-order valence-corrected chi connectivity index (χ2v) is 8.88. The Morgan fingerprint density at radius 1 is 1.09 bits per heavy atom. The fourth-order valence-electron chi connectivity index (χ4n) is 4.17. The van der Waals surface area contributed by atoms with Crippen molar-refractivity contribution in [1.29, 1.82) is 0 Å². The van der Waals surface area contributed by atoms with Crippen molar-refractivity contribution in [3.63, 3.8) is 0 Å². The van der Waals surface area contributed by atoms with Crippen LogP contribution in [0.2, 0.25) is 0 Å². The second kappa shape index (κ2) is 11.3. The molecule has 1 amide bonds. The Hall–Kier alpha value is -3.43. The van der Waals surface area contributed by atoms with Crippen molar-refractivity contribution in [1.82, 2.24) is 19.6 Å². The number of amides is 1. The molecule has 2 aromatic carbocycles. The van der Waals surface area contributed by atoms with E-state index in [2.05, 4.69) is 10.00 Å². The number of hydrogen-bond acceptors (Lipinski definition) is 6. The Kier molecular flexibility index (Phi) is 7.99. The van der Waals surface area contributed by atoms with Crippen molar-refractivity contribution in [3.8, 4) is 11.5 Å². The molecule has 1 aliphatic heterocycles. The summed E-state index contributed by atoms with van der Waals surface area (Å²) in [4.78, 5) is 15.9. The predicted molar refractivity (Wildman–Crippen MR) is 129 cm³/mol. The van der Waals surface area contributed by atoms with Crippen LogP contribution in [0.25, 0.3) is 0 Å². The molecule has 1 fully saturated rings. The van der Waals surface area contributed by atoms with Gasteiger partial charge in [-0.2, -0.15) is 5.10 Å². The van der Waals surface area contributed by atoms with Gasteiger partial charge in [0.15, 0.2) is 0 Å². The average molecular weight is 483 g/mol. The van der Waals surface area contributed by atoms with E-state index >= 15 is 0 Å². The number of β-amino-alcohol motifs (C(OH)–C–C–N with tert-alkyl or cyclic N) is 1. The summed E-state index contributed by atoms with van der Waals surface area (Å²) < 4.78 is 26.7. The van der Waals surface area contributed by atoms with Crippen LogP contribution in [0.5, 0.6) is 11.5 Å². The van der Waals surface area contributed by atoms with E-state index in [1.807, 2.05) is 41.2 Å². The summed E-state index contributed by atoms with van der Waals surface area (Å²) in [6.45, 7) is 4.83. The zero-order valence-electron chi connectivity index (χ0n) is 19.8. The highest BCUT2D eigenvalue weighted by atomic mass is 19.1. The standard InChI is InChI=1S/C26H31FN4O4/c1-21(32)30-13-12-29(18-26(33,19-30)20-35-24-8-6-23(27)7-9-24)17-22-4-2-5-25(16-22)34-15-14-31-11-3-10-28-31/h2-11,16,33H,12-15,17-20H2,1H3/t26-/m0/s1. The third-order valence-electron chi connectivity index (χ3n) is 5.91. The van der Waals surface area contributed by atoms with Gasteiger partial charge in [-0.3, -0.25) is 14.4 Å². The molecule has 1 aliphatic rings. The molecule has 1 N–H and O–H groups in total. The van der Waals surface area contributed by atoms with Crippen LogP contribution in [0.1, 0.15) is 12.5 Å². The molecule has 0 bridgehead atoms. The highest BCUT2D eigenvalue weighted by molar-refractivity contribution is 5.73. The molecular weight excluding hydrogens is 451 g/mol. The maximum absolute atomic E-state index is 13.2. The lowest BCUT2D eigenvalue weighted by Crippen LogP contribution is -2.51. The van der Waals surface area contributed by atoms with Crippen LogP contribution < -0.4 is 9.47 Å². The lowest BCUT2D eigenvalue weighted by atomic mass is 10.0. The molecule has 0 aliphatic carbocycles. The van der Waals surface area contributed by atoms with Crippen molar-refractivity contribution < 1.29 is 23.8 Å². The molecule has 0 spiro atoms. The molecule has 8 nitrogen and oxygen atoms in total. The summed E-state index contributed by atoms with van der Waals surface area (Å²) in [7, 11) is 0. The molecule has 2 heterocycles. The van der Waals surface area contributed by atoms with Gasteiger partial charge >= 0.3 is 0 Å². The van der Waals surface area contributed by atoms with Crippen LogP contribution in [0.15, 0.2) is 67.0 Å². The van der Waals surface area contributed by atoms with E-state index in [9.17, 15) is 14.3 Å². The van der Waals surface area contributed by atoms with Crippen LogP contribution in [-0.2, 0) is 17.9 Å². The maximum atomic E-state index is 13.2. The van der Waals surface area contributed by atoms with E-state index in [4.69, 9.17) is 9.47 Å². The van der Waals surface area contributed by atoms with E-state index < -0.39 is 5.60 Å². The lowest BCUT2D eigenvalue weighted by Gasteiger charge is -2.32. The Morgan fingerprint density at radius 3 is 2.66 bits per heavy atom. The minimum atomic E-state index is -1.28. The SMILES string of the molecule is CC(=O)N1CCN(Cc2cccc(OCCn3cccn3)c2)C[C@@](O)(COc2ccc(F)cc2)C1. The van der Waals surface area contributed by atoms with Crippen molar-refractivity contribution in [2.75, 3.05) is 39.4 Å². The predicted octanol–water partition coefficient (Wildman–Crippen LogP) is 2.58. The first-order valence-corrected chi connectivity index (χ1v) is 11.7. The summed E-state index contributed by atoms with van der Waals surface area (Å²) >= 11 is 0. The molecule has 35 heavy (non-hydrogen) atoms. The Balaban J connectivity index is 1.39. The summed E-state index contributed by atoms with van der Waals surface area (Å²) in [5.74, 6) is 0.779. The normalized spacial score (nSPS) is 18.8. The van der Waals surface area contributed by atoms with Gasteiger partial charge in [-0.15, -0.1) is 0 Å². The van der Waals surface area contributed by atoms with Gasteiger partial charge in [0.25, 0.3) is 0 Å². The van der Waals surface area contributed by atoms with Gasteiger partial charge in [0, 0.05) is 45.5 Å². The molecule has 3 aromatic rings. The number of hydrogen-bond donors (Lipinski definition) is 1. The number of aliphatic hydroxyl groups is 1. The molecular formula is C26H31FN4O4. The van der Waals surface area contributed by atoms with E-state index in [-0.39, 0.29) is 24.9 Å². The second-order valence-electron chi connectivity index (χ2n) is 8.88. The largest absolute Gasteiger partial charge is 0.492 e. The van der Waals surface area contributed by atoms with Crippen molar-refractivity contribution in [3.05, 3.63) is 78.4 Å².